The van der Waals surface area contributed by atoms with Gasteiger partial charge in [-0.05, 0) is 41.2 Å². The number of amides is 1. The van der Waals surface area contributed by atoms with Crippen LogP contribution in [0.1, 0.15) is 41.1 Å². The fraction of sp³-hybridized carbons (Fsp3) is 0.432. The van der Waals surface area contributed by atoms with Gasteiger partial charge in [0.15, 0.2) is 0 Å². The molecule has 58 heavy (non-hydrogen) atoms. The second-order valence-electron chi connectivity index (χ2n) is 13.8. The van der Waals surface area contributed by atoms with Gasteiger partial charge in [-0.15, -0.1) is 6.58 Å². The van der Waals surface area contributed by atoms with Crippen LogP contribution in [-0.2, 0) is 23.2 Å². The number of carbonyl (C=O) groups excluding carboxylic acids is 1. The first-order valence-electron chi connectivity index (χ1n) is 16.7. The number of hydrogen-bond acceptors (Lipinski definition) is 3. The lowest BCUT2D eigenvalue weighted by Crippen LogP contribution is -2.74. The standard InChI is InChI=1S/C37H29F17N2O2/c1-3-23-18-29(25-14-13-24(58-2)17-26(25)55-28(29)57)27(22-7-5-4-6-8-22)56(23)19-21-11-9-20(10-12-21)15-16-30(38,39)31(40,41)32(42,43)33(44,45)34(46,47)35(48,49)36(50,51)37(52,53)54/h3-14,17,23,27H,1,15-16,18-19H2,2H3,(H,55,57)/t23-,27+,29-/m1/s1. The van der Waals surface area contributed by atoms with Crippen molar-refractivity contribution in [2.45, 2.75) is 90.9 Å². The first-order valence-corrected chi connectivity index (χ1v) is 16.7. The van der Waals surface area contributed by atoms with Crippen LogP contribution >= 0.6 is 0 Å². The summed E-state index contributed by atoms with van der Waals surface area (Å²) in [5, 5.41) is 2.90. The Morgan fingerprint density at radius 2 is 1.24 bits per heavy atom. The topological polar surface area (TPSA) is 41.6 Å². The zero-order valence-corrected chi connectivity index (χ0v) is 29.4. The maximum Gasteiger partial charge on any atom is 0.460 e. The minimum atomic E-state index is -8.67. The SMILES string of the molecule is C=C[C@@H]1C[C@]2(C(=O)Nc3cc(OC)ccc32)[C@H](c2ccccc2)N1Cc1ccc(CCC(F)(F)C(F)(F)C(F)(F)C(F)(F)C(F)(F)C(F)(F)C(F)(F)C(F)(F)F)cc1. The van der Waals surface area contributed by atoms with Crippen LogP contribution in [0.5, 0.6) is 5.75 Å². The number of fused-ring (bicyclic) bond motifs is 2. The average Bonchev–Trinajstić information content (AvgIpc) is 3.62. The molecule has 0 aliphatic carbocycles. The van der Waals surface area contributed by atoms with Crippen molar-refractivity contribution >= 4 is 11.6 Å². The smallest absolute Gasteiger partial charge is 0.460 e. The summed E-state index contributed by atoms with van der Waals surface area (Å²) in [6, 6.07) is 17.2. The van der Waals surface area contributed by atoms with Gasteiger partial charge >= 0.3 is 47.6 Å². The van der Waals surface area contributed by atoms with Crippen LogP contribution in [0.2, 0.25) is 0 Å². The van der Waals surface area contributed by atoms with Gasteiger partial charge in [0.25, 0.3) is 0 Å². The zero-order valence-electron chi connectivity index (χ0n) is 29.4. The molecule has 2 aliphatic heterocycles. The summed E-state index contributed by atoms with van der Waals surface area (Å²) in [4.78, 5) is 15.8. The number of nitrogens with one attached hydrogen (secondary N) is 1. The Labute approximate surface area is 317 Å². The van der Waals surface area contributed by atoms with Gasteiger partial charge in [0.05, 0.1) is 18.6 Å². The number of aryl methyl sites for hydroxylation is 1. The predicted molar refractivity (Wildman–Crippen MR) is 172 cm³/mol. The first kappa shape index (κ1) is 44.5. The van der Waals surface area contributed by atoms with Crippen molar-refractivity contribution in [1.82, 2.24) is 4.90 Å². The minimum absolute atomic E-state index is 0.0127. The first-order chi connectivity index (χ1) is 26.5. The van der Waals surface area contributed by atoms with Gasteiger partial charge < -0.3 is 10.1 Å². The molecule has 3 aromatic carbocycles. The molecule has 1 N–H and O–H groups in total. The molecule has 1 amide bonds. The van der Waals surface area contributed by atoms with Gasteiger partial charge in [0, 0.05) is 30.8 Å². The van der Waals surface area contributed by atoms with E-state index in [0.29, 0.717) is 28.1 Å². The molecule has 1 saturated heterocycles. The van der Waals surface area contributed by atoms with Crippen molar-refractivity contribution in [3.63, 3.8) is 0 Å². The number of likely N-dealkylation sites (tertiary alicyclic amines) is 1. The lowest BCUT2D eigenvalue weighted by Gasteiger charge is -2.42. The number of carbonyl (C=O) groups is 1. The summed E-state index contributed by atoms with van der Waals surface area (Å²) in [6.07, 6.45) is -9.95. The number of benzene rings is 3. The predicted octanol–water partition coefficient (Wildman–Crippen LogP) is 11.0. The second kappa shape index (κ2) is 14.3. The number of methoxy groups -OCH3 is 1. The molecule has 3 atom stereocenters. The summed E-state index contributed by atoms with van der Waals surface area (Å²) in [5.41, 5.74) is 0.683. The molecule has 2 heterocycles. The van der Waals surface area contributed by atoms with Crippen molar-refractivity contribution in [2.75, 3.05) is 12.4 Å². The zero-order chi connectivity index (χ0) is 43.7. The van der Waals surface area contributed by atoms with Gasteiger partial charge in [-0.25, -0.2) is 0 Å². The summed E-state index contributed by atoms with van der Waals surface area (Å²) in [6.45, 7) is 3.91. The molecule has 1 spiro atoms. The van der Waals surface area contributed by atoms with Crippen molar-refractivity contribution in [3.05, 3.63) is 108 Å². The largest absolute Gasteiger partial charge is 0.497 e. The van der Waals surface area contributed by atoms with E-state index in [4.69, 9.17) is 4.74 Å². The Morgan fingerprint density at radius 3 is 1.76 bits per heavy atom. The van der Waals surface area contributed by atoms with Gasteiger partial charge in [0.1, 0.15) is 5.75 Å². The van der Waals surface area contributed by atoms with Crippen molar-refractivity contribution in [2.24, 2.45) is 0 Å². The molecular weight excluding hydrogens is 827 g/mol. The van der Waals surface area contributed by atoms with Gasteiger partial charge in [0.2, 0.25) is 5.91 Å². The highest BCUT2D eigenvalue weighted by Gasteiger charge is 2.95. The normalized spacial score (nSPS) is 21.3. The Hall–Kier alpha value is -4.56. The molecule has 21 heteroatoms. The summed E-state index contributed by atoms with van der Waals surface area (Å²) in [7, 11) is 1.44. The highest BCUT2D eigenvalue weighted by molar-refractivity contribution is 6.07. The third-order valence-electron chi connectivity index (χ3n) is 10.4. The van der Waals surface area contributed by atoms with Crippen LogP contribution in [0, 0.1) is 0 Å². The van der Waals surface area contributed by atoms with E-state index in [9.17, 15) is 79.4 Å². The quantitative estimate of drug-likeness (QED) is 0.130. The molecule has 4 nitrogen and oxygen atoms in total. The number of hydrogen-bond donors (Lipinski definition) is 1. The van der Waals surface area contributed by atoms with E-state index in [1.165, 1.54) is 19.2 Å². The van der Waals surface area contributed by atoms with E-state index in [2.05, 4.69) is 11.9 Å². The summed E-state index contributed by atoms with van der Waals surface area (Å²) >= 11 is 0. The van der Waals surface area contributed by atoms with E-state index in [-0.39, 0.29) is 24.4 Å². The molecule has 0 aromatic heterocycles. The van der Waals surface area contributed by atoms with E-state index < -0.39 is 78.0 Å². The number of halogens is 17. The molecule has 0 bridgehead atoms. The minimum Gasteiger partial charge on any atom is -0.497 e. The molecule has 0 saturated carbocycles. The molecule has 5 rings (SSSR count). The second-order valence-corrected chi connectivity index (χ2v) is 13.8. The monoisotopic (exact) mass is 856 g/mol. The van der Waals surface area contributed by atoms with Crippen molar-refractivity contribution in [3.8, 4) is 5.75 Å². The maximum atomic E-state index is 14.6. The molecule has 1 fully saturated rings. The maximum absolute atomic E-state index is 14.6. The van der Waals surface area contributed by atoms with Crippen LogP contribution < -0.4 is 10.1 Å². The Bertz CT molecular complexity index is 2000. The Balaban J connectivity index is 1.38. The van der Waals surface area contributed by atoms with E-state index in [1.807, 2.05) is 4.90 Å². The molecule has 2 aliphatic rings. The van der Waals surface area contributed by atoms with Crippen LogP contribution in [0.4, 0.5) is 80.3 Å². The van der Waals surface area contributed by atoms with Crippen LogP contribution in [0.25, 0.3) is 0 Å². The molecule has 318 valence electrons. The summed E-state index contributed by atoms with van der Waals surface area (Å²) in [5.74, 6) is -56.5. The van der Waals surface area contributed by atoms with Crippen LogP contribution in [0.3, 0.4) is 0 Å². The summed E-state index contributed by atoms with van der Waals surface area (Å²) < 4.78 is 238. The number of ether oxygens (including phenoxy) is 1. The van der Waals surface area contributed by atoms with Crippen molar-refractivity contribution in [1.29, 1.82) is 0 Å². The number of alkyl halides is 17. The molecular formula is C37H29F17N2O2. The van der Waals surface area contributed by atoms with Crippen LogP contribution in [0.15, 0.2) is 85.5 Å². The number of rotatable bonds is 14. The van der Waals surface area contributed by atoms with Gasteiger partial charge in [-0.1, -0.05) is 66.7 Å². The molecule has 3 aromatic rings. The third kappa shape index (κ3) is 6.45. The fourth-order valence-electron chi connectivity index (χ4n) is 7.22. The number of nitrogens with zero attached hydrogens (tertiary/aromatic N) is 1. The molecule has 0 radical (unpaired) electrons. The lowest BCUT2D eigenvalue weighted by atomic mass is 9.72. The van der Waals surface area contributed by atoms with Gasteiger partial charge in [-0.3, -0.25) is 9.69 Å². The third-order valence-corrected chi connectivity index (χ3v) is 10.4. The highest BCUT2D eigenvalue weighted by atomic mass is 19.4. The number of anilines is 1. The lowest BCUT2D eigenvalue weighted by molar-refractivity contribution is -0.461. The molecule has 0 unspecified atom stereocenters. The average molecular weight is 857 g/mol. The van der Waals surface area contributed by atoms with E-state index in [1.54, 1.807) is 54.6 Å². The Kier molecular flexibility index (Phi) is 11.0. The van der Waals surface area contributed by atoms with Gasteiger partial charge in [-0.2, -0.15) is 74.6 Å². The Morgan fingerprint density at radius 1 is 0.724 bits per heavy atom. The van der Waals surface area contributed by atoms with Crippen LogP contribution in [-0.4, -0.2) is 71.6 Å². The van der Waals surface area contributed by atoms with E-state index >= 15 is 0 Å². The highest BCUT2D eigenvalue weighted by Crippen LogP contribution is 2.64. The fourth-order valence-corrected chi connectivity index (χ4v) is 7.22. The van der Waals surface area contributed by atoms with E-state index in [0.717, 1.165) is 12.1 Å². The van der Waals surface area contributed by atoms with Crippen molar-refractivity contribution < 1.29 is 84.2 Å².